The van der Waals surface area contributed by atoms with Crippen LogP contribution in [0, 0.1) is 6.92 Å². The molecule has 0 fully saturated rings. The lowest BCUT2D eigenvalue weighted by atomic mass is 10.1. The molecule has 0 N–H and O–H groups in total. The van der Waals surface area contributed by atoms with Crippen molar-refractivity contribution in [3.8, 4) is 5.75 Å². The van der Waals surface area contributed by atoms with Gasteiger partial charge in [-0.15, -0.1) is 0 Å². The highest BCUT2D eigenvalue weighted by Gasteiger charge is 2.11. The van der Waals surface area contributed by atoms with E-state index in [-0.39, 0.29) is 18.5 Å². The molecule has 20 heavy (non-hydrogen) atoms. The van der Waals surface area contributed by atoms with E-state index in [2.05, 4.69) is 4.98 Å². The van der Waals surface area contributed by atoms with Crippen molar-refractivity contribution in [3.05, 3.63) is 35.5 Å². The van der Waals surface area contributed by atoms with Gasteiger partial charge in [0.1, 0.15) is 11.3 Å². The van der Waals surface area contributed by atoms with E-state index in [1.165, 1.54) is 7.11 Å². The van der Waals surface area contributed by atoms with E-state index in [0.29, 0.717) is 5.69 Å². The SMILES string of the molecule is COC(=O)Cc1cc(C)c2cccc(OC(C)C)c2n1. The lowest BCUT2D eigenvalue weighted by Gasteiger charge is -2.13. The van der Waals surface area contributed by atoms with Crippen LogP contribution in [0.4, 0.5) is 0 Å². The van der Waals surface area contributed by atoms with Crippen molar-refractivity contribution in [2.45, 2.75) is 33.3 Å². The number of para-hydroxylation sites is 1. The summed E-state index contributed by atoms with van der Waals surface area (Å²) < 4.78 is 10.5. The Balaban J connectivity index is 2.52. The van der Waals surface area contributed by atoms with E-state index in [1.54, 1.807) is 0 Å². The molecule has 4 heteroatoms. The molecule has 4 nitrogen and oxygen atoms in total. The maximum atomic E-state index is 11.4. The van der Waals surface area contributed by atoms with Crippen LogP contribution < -0.4 is 4.74 Å². The van der Waals surface area contributed by atoms with Crippen molar-refractivity contribution >= 4 is 16.9 Å². The third kappa shape index (κ3) is 3.07. The largest absolute Gasteiger partial charge is 0.489 e. The summed E-state index contributed by atoms with van der Waals surface area (Å²) in [4.78, 5) is 15.9. The first-order valence-electron chi connectivity index (χ1n) is 6.64. The molecule has 1 aromatic heterocycles. The highest BCUT2D eigenvalue weighted by molar-refractivity contribution is 5.88. The monoisotopic (exact) mass is 273 g/mol. The minimum absolute atomic E-state index is 0.0759. The smallest absolute Gasteiger partial charge is 0.311 e. The summed E-state index contributed by atoms with van der Waals surface area (Å²) in [5.74, 6) is 0.450. The molecular formula is C16H19NO3. The van der Waals surface area contributed by atoms with Crippen LogP contribution in [-0.2, 0) is 16.0 Å². The Morgan fingerprint density at radius 2 is 2.10 bits per heavy atom. The highest BCUT2D eigenvalue weighted by atomic mass is 16.5. The second kappa shape index (κ2) is 5.90. The molecule has 0 unspecified atom stereocenters. The molecule has 1 heterocycles. The maximum absolute atomic E-state index is 11.4. The number of benzene rings is 1. The van der Waals surface area contributed by atoms with Crippen LogP contribution in [0.2, 0.25) is 0 Å². The van der Waals surface area contributed by atoms with Crippen molar-refractivity contribution < 1.29 is 14.3 Å². The summed E-state index contributed by atoms with van der Waals surface area (Å²) in [6.07, 6.45) is 0.246. The zero-order valence-corrected chi connectivity index (χ0v) is 12.3. The average Bonchev–Trinajstić information content (AvgIpc) is 2.39. The Kier molecular flexibility index (Phi) is 4.23. The second-order valence-corrected chi connectivity index (χ2v) is 5.00. The number of esters is 1. The highest BCUT2D eigenvalue weighted by Crippen LogP contribution is 2.27. The molecule has 0 aliphatic carbocycles. The van der Waals surface area contributed by atoms with Crippen LogP contribution in [0.25, 0.3) is 10.9 Å². The van der Waals surface area contributed by atoms with Gasteiger partial charge in [0.2, 0.25) is 0 Å². The molecule has 2 aromatic rings. The Labute approximate surface area is 118 Å². The van der Waals surface area contributed by atoms with Crippen LogP contribution >= 0.6 is 0 Å². The van der Waals surface area contributed by atoms with Gasteiger partial charge in [0.15, 0.2) is 0 Å². The van der Waals surface area contributed by atoms with E-state index in [9.17, 15) is 4.79 Å². The van der Waals surface area contributed by atoms with Gasteiger partial charge in [-0.2, -0.15) is 0 Å². The first-order chi connectivity index (χ1) is 9.51. The third-order valence-electron chi connectivity index (χ3n) is 2.98. The van der Waals surface area contributed by atoms with Crippen molar-refractivity contribution in [1.29, 1.82) is 0 Å². The number of ether oxygens (including phenoxy) is 2. The Morgan fingerprint density at radius 1 is 1.35 bits per heavy atom. The van der Waals surface area contributed by atoms with Crippen molar-refractivity contribution in [1.82, 2.24) is 4.98 Å². The number of aromatic nitrogens is 1. The van der Waals surface area contributed by atoms with Gasteiger partial charge in [0, 0.05) is 5.39 Å². The second-order valence-electron chi connectivity index (χ2n) is 5.00. The minimum atomic E-state index is -0.293. The van der Waals surface area contributed by atoms with Gasteiger partial charge in [0.05, 0.1) is 25.3 Å². The number of fused-ring (bicyclic) bond motifs is 1. The van der Waals surface area contributed by atoms with E-state index in [1.807, 2.05) is 45.0 Å². The third-order valence-corrected chi connectivity index (χ3v) is 2.98. The van der Waals surface area contributed by atoms with Crippen LogP contribution in [0.15, 0.2) is 24.3 Å². The van der Waals surface area contributed by atoms with Gasteiger partial charge in [-0.25, -0.2) is 4.98 Å². The first-order valence-corrected chi connectivity index (χ1v) is 6.64. The molecule has 0 aliphatic rings. The van der Waals surface area contributed by atoms with Crippen LogP contribution in [-0.4, -0.2) is 24.2 Å². The lowest BCUT2D eigenvalue weighted by Crippen LogP contribution is -2.09. The van der Waals surface area contributed by atoms with Gasteiger partial charge in [-0.3, -0.25) is 4.79 Å². The molecule has 2 rings (SSSR count). The molecule has 0 radical (unpaired) electrons. The number of carbonyl (C=O) groups excluding carboxylic acids is 1. The number of nitrogens with zero attached hydrogens (tertiary/aromatic N) is 1. The quantitative estimate of drug-likeness (QED) is 0.803. The van der Waals surface area contributed by atoms with Gasteiger partial charge < -0.3 is 9.47 Å². The Bertz CT molecular complexity index is 635. The normalized spacial score (nSPS) is 10.8. The fourth-order valence-corrected chi connectivity index (χ4v) is 2.12. The summed E-state index contributed by atoms with van der Waals surface area (Å²) in [6.45, 7) is 5.96. The molecule has 0 atom stereocenters. The first kappa shape index (κ1) is 14.3. The molecule has 0 bridgehead atoms. The number of hydrogen-bond acceptors (Lipinski definition) is 4. The fourth-order valence-electron chi connectivity index (χ4n) is 2.12. The van der Waals surface area contributed by atoms with Crippen molar-refractivity contribution in [2.24, 2.45) is 0 Å². The summed E-state index contributed by atoms with van der Waals surface area (Å²) in [5.41, 5.74) is 2.56. The van der Waals surface area contributed by atoms with Crippen LogP contribution in [0.5, 0.6) is 5.75 Å². The maximum Gasteiger partial charge on any atom is 0.311 e. The molecule has 0 amide bonds. The number of aryl methyl sites for hydroxylation is 1. The standard InChI is InChI=1S/C16H19NO3/c1-10(2)20-14-7-5-6-13-11(3)8-12(17-16(13)14)9-15(18)19-4/h5-8,10H,9H2,1-4H3. The van der Waals surface area contributed by atoms with E-state index in [4.69, 9.17) is 9.47 Å². The van der Waals surface area contributed by atoms with E-state index >= 15 is 0 Å². The van der Waals surface area contributed by atoms with E-state index in [0.717, 1.165) is 22.2 Å². The number of hydrogen-bond donors (Lipinski definition) is 0. The molecular weight excluding hydrogens is 254 g/mol. The molecule has 0 saturated heterocycles. The average molecular weight is 273 g/mol. The number of carbonyl (C=O) groups is 1. The summed E-state index contributed by atoms with van der Waals surface area (Å²) in [6, 6.07) is 7.77. The topological polar surface area (TPSA) is 48.4 Å². The Hall–Kier alpha value is -2.10. The Morgan fingerprint density at radius 3 is 2.75 bits per heavy atom. The zero-order chi connectivity index (χ0) is 14.7. The molecule has 0 spiro atoms. The minimum Gasteiger partial charge on any atom is -0.489 e. The predicted molar refractivity (Wildman–Crippen MR) is 78.0 cm³/mol. The van der Waals surface area contributed by atoms with Crippen molar-refractivity contribution in [2.75, 3.05) is 7.11 Å². The molecule has 0 saturated carbocycles. The number of rotatable bonds is 4. The van der Waals surface area contributed by atoms with Gasteiger partial charge in [-0.05, 0) is 38.5 Å². The van der Waals surface area contributed by atoms with Gasteiger partial charge in [-0.1, -0.05) is 12.1 Å². The van der Waals surface area contributed by atoms with E-state index < -0.39 is 0 Å². The van der Waals surface area contributed by atoms with Gasteiger partial charge in [0.25, 0.3) is 0 Å². The number of pyridine rings is 1. The number of methoxy groups -OCH3 is 1. The lowest BCUT2D eigenvalue weighted by molar-refractivity contribution is -0.139. The predicted octanol–water partition coefficient (Wildman–Crippen LogP) is 3.05. The molecule has 0 aliphatic heterocycles. The van der Waals surface area contributed by atoms with Crippen LogP contribution in [0.3, 0.4) is 0 Å². The zero-order valence-electron chi connectivity index (χ0n) is 12.3. The van der Waals surface area contributed by atoms with Gasteiger partial charge >= 0.3 is 5.97 Å². The van der Waals surface area contributed by atoms with Crippen LogP contribution in [0.1, 0.15) is 25.1 Å². The summed E-state index contributed by atoms with van der Waals surface area (Å²) in [7, 11) is 1.38. The summed E-state index contributed by atoms with van der Waals surface area (Å²) in [5, 5.41) is 1.04. The summed E-state index contributed by atoms with van der Waals surface area (Å²) >= 11 is 0. The fraction of sp³-hybridized carbons (Fsp3) is 0.375. The molecule has 106 valence electrons. The van der Waals surface area contributed by atoms with Crippen molar-refractivity contribution in [3.63, 3.8) is 0 Å². The molecule has 1 aromatic carbocycles.